The van der Waals surface area contributed by atoms with Crippen molar-refractivity contribution in [1.82, 2.24) is 20.2 Å². The van der Waals surface area contributed by atoms with Crippen LogP contribution in [0.25, 0.3) is 22.4 Å². The minimum Gasteiger partial charge on any atom is -0.423 e. The first-order valence-electron chi connectivity index (χ1n) is 8.64. The quantitative estimate of drug-likeness (QED) is 0.648. The molecule has 0 spiro atoms. The molecule has 132 valence electrons. The third kappa shape index (κ3) is 4.11. The van der Waals surface area contributed by atoms with Gasteiger partial charge in [0.05, 0.1) is 11.2 Å². The normalized spacial score (nSPS) is 12.6. The largest absolute Gasteiger partial charge is 0.423 e. The number of hydrogen-bond donors (Lipinski definition) is 2. The summed E-state index contributed by atoms with van der Waals surface area (Å²) in [6.45, 7) is 2.37. The number of hydrogen-bond acceptors (Lipinski definition) is 7. The third-order valence-electron chi connectivity index (χ3n) is 4.41. The Labute approximate surface area is 146 Å². The van der Waals surface area contributed by atoms with Gasteiger partial charge >= 0.3 is 0 Å². The van der Waals surface area contributed by atoms with E-state index in [-0.39, 0.29) is 12.6 Å². The minimum atomic E-state index is 0.208. The average molecular weight is 341 g/mol. The summed E-state index contributed by atoms with van der Waals surface area (Å²) < 4.78 is 5.24. The smallest absolute Gasteiger partial charge is 0.247 e. The van der Waals surface area contributed by atoms with E-state index >= 15 is 0 Å². The Morgan fingerprint density at radius 1 is 1.24 bits per heavy atom. The number of anilines is 1. The zero-order valence-corrected chi connectivity index (χ0v) is 14.4. The van der Waals surface area contributed by atoms with Crippen LogP contribution in [-0.4, -0.2) is 31.9 Å². The van der Waals surface area contributed by atoms with Crippen molar-refractivity contribution in [2.75, 3.05) is 12.3 Å². The average Bonchev–Trinajstić information content (AvgIpc) is 3.15. The zero-order chi connectivity index (χ0) is 17.6. The number of nitrogens with zero attached hydrogens (tertiary/aromatic N) is 4. The first kappa shape index (κ1) is 17.3. The summed E-state index contributed by atoms with van der Waals surface area (Å²) >= 11 is 0. The van der Waals surface area contributed by atoms with Gasteiger partial charge in [-0.05, 0) is 37.3 Å². The monoisotopic (exact) mass is 341 g/mol. The molecule has 0 saturated carbocycles. The van der Waals surface area contributed by atoms with Gasteiger partial charge in [-0.3, -0.25) is 0 Å². The minimum absolute atomic E-state index is 0.208. The van der Waals surface area contributed by atoms with Gasteiger partial charge in [0.25, 0.3) is 0 Å². The van der Waals surface area contributed by atoms with Crippen LogP contribution >= 0.6 is 0 Å². The maximum atomic E-state index is 9.56. The molecule has 0 aliphatic heterocycles. The Balaban J connectivity index is 1.85. The summed E-state index contributed by atoms with van der Waals surface area (Å²) in [5, 5.41) is 18.1. The maximum Gasteiger partial charge on any atom is 0.247 e. The van der Waals surface area contributed by atoms with Crippen LogP contribution in [0.3, 0.4) is 0 Å². The summed E-state index contributed by atoms with van der Waals surface area (Å²) in [7, 11) is 0. The van der Waals surface area contributed by atoms with E-state index in [0.717, 1.165) is 54.3 Å². The Morgan fingerprint density at radius 3 is 2.84 bits per heavy atom. The number of rotatable bonds is 8. The number of fused-ring (bicyclic) bond motifs is 1. The van der Waals surface area contributed by atoms with Gasteiger partial charge in [0.2, 0.25) is 18.2 Å². The molecule has 0 fully saturated rings. The summed E-state index contributed by atoms with van der Waals surface area (Å²) in [5.41, 5.74) is 8.35. The van der Waals surface area contributed by atoms with Crippen LogP contribution in [-0.2, 0) is 6.42 Å². The van der Waals surface area contributed by atoms with Crippen molar-refractivity contribution in [3.05, 3.63) is 30.3 Å². The number of nitrogens with two attached hydrogens (primary N) is 1. The molecule has 0 saturated heterocycles. The molecular formula is C18H23N5O2. The fraction of sp³-hybridized carbons (Fsp3) is 0.444. The second-order valence-corrected chi connectivity index (χ2v) is 6.23. The van der Waals surface area contributed by atoms with Crippen LogP contribution in [0.2, 0.25) is 0 Å². The van der Waals surface area contributed by atoms with Gasteiger partial charge in [-0.1, -0.05) is 25.8 Å². The fourth-order valence-corrected chi connectivity index (χ4v) is 3.00. The Bertz CT molecular complexity index is 820. The molecule has 2 aromatic heterocycles. The zero-order valence-electron chi connectivity index (χ0n) is 14.4. The van der Waals surface area contributed by atoms with E-state index in [2.05, 4.69) is 27.1 Å². The first-order valence-corrected chi connectivity index (χ1v) is 8.64. The number of aliphatic hydroxyl groups excluding tert-OH is 1. The Kier molecular flexibility index (Phi) is 5.55. The van der Waals surface area contributed by atoms with Gasteiger partial charge in [-0.15, -0.1) is 10.2 Å². The van der Waals surface area contributed by atoms with Crippen LogP contribution < -0.4 is 5.73 Å². The molecule has 7 nitrogen and oxygen atoms in total. The van der Waals surface area contributed by atoms with E-state index in [1.165, 1.54) is 6.39 Å². The Hall–Kier alpha value is -2.54. The lowest BCUT2D eigenvalue weighted by Gasteiger charge is -2.14. The molecule has 3 rings (SSSR count). The van der Waals surface area contributed by atoms with Gasteiger partial charge in [-0.25, -0.2) is 9.97 Å². The van der Waals surface area contributed by atoms with Gasteiger partial charge in [0.15, 0.2) is 0 Å². The molecule has 3 aromatic rings. The van der Waals surface area contributed by atoms with Gasteiger partial charge in [0, 0.05) is 17.6 Å². The van der Waals surface area contributed by atoms with Crippen molar-refractivity contribution < 1.29 is 9.52 Å². The second-order valence-electron chi connectivity index (χ2n) is 6.23. The molecule has 0 amide bonds. The molecule has 2 heterocycles. The van der Waals surface area contributed by atoms with Crippen molar-refractivity contribution in [2.24, 2.45) is 5.92 Å². The van der Waals surface area contributed by atoms with Crippen LogP contribution in [0.5, 0.6) is 0 Å². The highest BCUT2D eigenvalue weighted by Gasteiger charge is 2.13. The molecular weight excluding hydrogens is 318 g/mol. The molecule has 0 aliphatic rings. The van der Waals surface area contributed by atoms with Crippen LogP contribution in [0.15, 0.2) is 29.0 Å². The van der Waals surface area contributed by atoms with E-state index in [1.807, 2.05) is 18.2 Å². The number of nitrogen functional groups attached to an aromatic ring is 1. The molecule has 25 heavy (non-hydrogen) atoms. The Morgan fingerprint density at radius 2 is 2.12 bits per heavy atom. The van der Waals surface area contributed by atoms with E-state index in [0.29, 0.717) is 11.8 Å². The number of benzene rings is 1. The van der Waals surface area contributed by atoms with E-state index in [4.69, 9.17) is 10.2 Å². The van der Waals surface area contributed by atoms with Crippen LogP contribution in [0.1, 0.15) is 38.3 Å². The van der Waals surface area contributed by atoms with Crippen LogP contribution in [0.4, 0.5) is 5.95 Å². The van der Waals surface area contributed by atoms with Crippen molar-refractivity contribution >= 4 is 16.9 Å². The molecule has 3 N–H and O–H groups in total. The lowest BCUT2D eigenvalue weighted by atomic mass is 9.95. The number of aryl methyl sites for hydroxylation is 1. The molecule has 1 aromatic carbocycles. The summed E-state index contributed by atoms with van der Waals surface area (Å²) in [6.07, 6.45) is 6.24. The molecule has 0 bridgehead atoms. The number of aromatic nitrogens is 4. The topological polar surface area (TPSA) is 111 Å². The second kappa shape index (κ2) is 8.02. The SMILES string of the molecule is CCCC[C@H](CO)CCc1nc(N)nc2cc(-c3nnco3)ccc12. The third-order valence-corrected chi connectivity index (χ3v) is 4.41. The van der Waals surface area contributed by atoms with Crippen molar-refractivity contribution in [1.29, 1.82) is 0 Å². The van der Waals surface area contributed by atoms with E-state index < -0.39 is 0 Å². The predicted octanol–water partition coefficient (Wildman–Crippen LogP) is 2.99. The highest BCUT2D eigenvalue weighted by atomic mass is 16.4. The van der Waals surface area contributed by atoms with Gasteiger partial charge in [0.1, 0.15) is 0 Å². The molecule has 0 unspecified atom stereocenters. The van der Waals surface area contributed by atoms with Crippen molar-refractivity contribution in [3.8, 4) is 11.5 Å². The maximum absolute atomic E-state index is 9.56. The van der Waals surface area contributed by atoms with E-state index in [1.54, 1.807) is 0 Å². The summed E-state index contributed by atoms with van der Waals surface area (Å²) in [5.74, 6) is 0.990. The molecule has 0 aliphatic carbocycles. The highest BCUT2D eigenvalue weighted by molar-refractivity contribution is 5.85. The number of aliphatic hydroxyl groups is 1. The standard InChI is InChI=1S/C18H23N5O2/c1-2-3-4-12(10-24)5-8-15-14-7-6-13(17-23-20-11-25-17)9-16(14)22-18(19)21-15/h6-7,9,11-12,24H,2-5,8,10H2,1H3,(H2,19,21,22)/t12-/m0/s1. The first-order chi connectivity index (χ1) is 12.2. The van der Waals surface area contributed by atoms with Crippen molar-refractivity contribution in [2.45, 2.75) is 39.0 Å². The lowest BCUT2D eigenvalue weighted by molar-refractivity contribution is 0.208. The molecule has 0 radical (unpaired) electrons. The molecule has 7 heteroatoms. The van der Waals surface area contributed by atoms with Crippen LogP contribution in [0, 0.1) is 5.92 Å². The highest BCUT2D eigenvalue weighted by Crippen LogP contribution is 2.25. The summed E-state index contributed by atoms with van der Waals surface area (Å²) in [4.78, 5) is 8.75. The van der Waals surface area contributed by atoms with Gasteiger partial charge < -0.3 is 15.3 Å². The fourth-order valence-electron chi connectivity index (χ4n) is 3.00. The van der Waals surface area contributed by atoms with E-state index in [9.17, 15) is 5.11 Å². The number of unbranched alkanes of at least 4 members (excludes halogenated alkanes) is 1. The molecule has 1 atom stereocenters. The summed E-state index contributed by atoms with van der Waals surface area (Å²) in [6, 6.07) is 5.76. The van der Waals surface area contributed by atoms with Gasteiger partial charge in [-0.2, -0.15) is 0 Å². The van der Waals surface area contributed by atoms with Crippen molar-refractivity contribution in [3.63, 3.8) is 0 Å². The lowest BCUT2D eigenvalue weighted by Crippen LogP contribution is -2.09. The predicted molar refractivity (Wildman–Crippen MR) is 95.7 cm³/mol.